The van der Waals surface area contributed by atoms with E-state index in [1.54, 1.807) is 18.4 Å². The molecule has 1 aromatic heterocycles. The maximum atomic E-state index is 14.2. The lowest BCUT2D eigenvalue weighted by Gasteiger charge is -2.44. The summed E-state index contributed by atoms with van der Waals surface area (Å²) >= 11 is 1.62. The standard InChI is InChI=1S/C29H33N3O3S/c1-20(2)19-32-27(25-9-6-18-36-25)26(23-7-4-5-8-24(23)28(32)33)29(34)31-16-14-30(15-17-31)21-10-12-22(35-3)13-11-21/h4-13,18,20,26-27H,14-17,19H2,1-3H3/t26-,27+/m1/s1. The zero-order chi connectivity index (χ0) is 25.2. The van der Waals surface area contributed by atoms with Crippen LogP contribution in [0.2, 0.25) is 0 Å². The normalized spacial score (nSPS) is 20.0. The van der Waals surface area contributed by atoms with E-state index >= 15 is 0 Å². The highest BCUT2D eigenvalue weighted by molar-refractivity contribution is 7.10. The van der Waals surface area contributed by atoms with Crippen molar-refractivity contribution in [3.63, 3.8) is 0 Å². The molecule has 2 amide bonds. The average molecular weight is 504 g/mol. The molecule has 1 fully saturated rings. The van der Waals surface area contributed by atoms with Crippen molar-refractivity contribution in [2.75, 3.05) is 44.7 Å². The van der Waals surface area contributed by atoms with Crippen LogP contribution in [0.15, 0.2) is 66.0 Å². The highest BCUT2D eigenvalue weighted by Crippen LogP contribution is 2.45. The van der Waals surface area contributed by atoms with Crippen LogP contribution in [-0.2, 0) is 4.79 Å². The Morgan fingerprint density at radius 1 is 1.00 bits per heavy atom. The Labute approximate surface area is 217 Å². The summed E-state index contributed by atoms with van der Waals surface area (Å²) in [6, 6.07) is 19.5. The maximum Gasteiger partial charge on any atom is 0.254 e. The lowest BCUT2D eigenvalue weighted by Crippen LogP contribution is -2.53. The smallest absolute Gasteiger partial charge is 0.254 e. The molecule has 0 aliphatic carbocycles. The van der Waals surface area contributed by atoms with Crippen LogP contribution in [0.5, 0.6) is 5.75 Å². The van der Waals surface area contributed by atoms with Crippen LogP contribution >= 0.6 is 11.3 Å². The molecule has 0 saturated carbocycles. The summed E-state index contributed by atoms with van der Waals surface area (Å²) < 4.78 is 5.28. The van der Waals surface area contributed by atoms with E-state index < -0.39 is 5.92 Å². The number of fused-ring (bicyclic) bond motifs is 1. The molecule has 188 valence electrons. The Morgan fingerprint density at radius 2 is 1.72 bits per heavy atom. The number of nitrogens with zero attached hydrogens (tertiary/aromatic N) is 3. The van der Waals surface area contributed by atoms with Gasteiger partial charge in [-0.05, 0) is 53.3 Å². The number of amides is 2. The van der Waals surface area contributed by atoms with E-state index in [0.29, 0.717) is 31.1 Å². The quantitative estimate of drug-likeness (QED) is 0.473. The van der Waals surface area contributed by atoms with Gasteiger partial charge in [-0.3, -0.25) is 9.59 Å². The van der Waals surface area contributed by atoms with Gasteiger partial charge in [0.25, 0.3) is 5.91 Å². The molecule has 2 aromatic carbocycles. The van der Waals surface area contributed by atoms with E-state index in [9.17, 15) is 9.59 Å². The topological polar surface area (TPSA) is 53.1 Å². The minimum atomic E-state index is -0.413. The molecule has 2 aliphatic heterocycles. The molecule has 6 nitrogen and oxygen atoms in total. The lowest BCUT2D eigenvalue weighted by atomic mass is 9.80. The Kier molecular flexibility index (Phi) is 7.01. The van der Waals surface area contributed by atoms with Gasteiger partial charge in [-0.15, -0.1) is 11.3 Å². The number of carbonyl (C=O) groups excluding carboxylic acids is 2. The highest BCUT2D eigenvalue weighted by Gasteiger charge is 2.46. The molecular formula is C29H33N3O3S. The fourth-order valence-electron chi connectivity index (χ4n) is 5.40. The number of carbonyl (C=O) groups is 2. The van der Waals surface area contributed by atoms with Crippen LogP contribution in [0.4, 0.5) is 5.69 Å². The van der Waals surface area contributed by atoms with Gasteiger partial charge in [-0.2, -0.15) is 0 Å². The van der Waals surface area contributed by atoms with Crippen molar-refractivity contribution in [1.82, 2.24) is 9.80 Å². The van der Waals surface area contributed by atoms with E-state index in [1.807, 2.05) is 57.6 Å². The summed E-state index contributed by atoms with van der Waals surface area (Å²) in [6.07, 6.45) is 0. The van der Waals surface area contributed by atoms with E-state index in [4.69, 9.17) is 4.74 Å². The Hall–Kier alpha value is -3.32. The van der Waals surface area contributed by atoms with Crippen molar-refractivity contribution in [3.05, 3.63) is 82.0 Å². The van der Waals surface area contributed by atoms with Crippen molar-refractivity contribution in [2.45, 2.75) is 25.8 Å². The zero-order valence-corrected chi connectivity index (χ0v) is 21.9. The van der Waals surface area contributed by atoms with Crippen LogP contribution in [0, 0.1) is 5.92 Å². The molecule has 2 aliphatic rings. The molecule has 5 rings (SSSR count). The van der Waals surface area contributed by atoms with E-state index in [-0.39, 0.29) is 17.9 Å². The molecule has 0 unspecified atom stereocenters. The number of anilines is 1. The number of piperazine rings is 1. The number of benzene rings is 2. The summed E-state index contributed by atoms with van der Waals surface area (Å²) in [5, 5.41) is 2.03. The second-order valence-corrected chi connectivity index (χ2v) is 10.9. The van der Waals surface area contributed by atoms with Gasteiger partial charge < -0.3 is 19.4 Å². The van der Waals surface area contributed by atoms with E-state index in [2.05, 4.69) is 36.9 Å². The fourth-order valence-corrected chi connectivity index (χ4v) is 6.28. The summed E-state index contributed by atoms with van der Waals surface area (Å²) in [6.45, 7) is 7.70. The van der Waals surface area contributed by atoms with Gasteiger partial charge in [0, 0.05) is 48.9 Å². The average Bonchev–Trinajstić information content (AvgIpc) is 3.44. The number of hydrogen-bond acceptors (Lipinski definition) is 5. The first-order chi connectivity index (χ1) is 17.5. The number of ether oxygens (including phenoxy) is 1. The van der Waals surface area contributed by atoms with Gasteiger partial charge in [-0.1, -0.05) is 38.1 Å². The third-order valence-corrected chi connectivity index (χ3v) is 8.07. The van der Waals surface area contributed by atoms with Gasteiger partial charge in [0.1, 0.15) is 5.75 Å². The first-order valence-corrected chi connectivity index (χ1v) is 13.5. The van der Waals surface area contributed by atoms with Gasteiger partial charge in [0.2, 0.25) is 5.91 Å². The first-order valence-electron chi connectivity index (χ1n) is 12.6. The van der Waals surface area contributed by atoms with Gasteiger partial charge in [-0.25, -0.2) is 0 Å². The summed E-state index contributed by atoms with van der Waals surface area (Å²) in [5.41, 5.74) is 2.64. The third-order valence-electron chi connectivity index (χ3n) is 7.13. The predicted octanol–water partition coefficient (Wildman–Crippen LogP) is 5.04. The lowest BCUT2D eigenvalue weighted by molar-refractivity contribution is -0.135. The third kappa shape index (κ3) is 4.60. The number of methoxy groups -OCH3 is 1. The zero-order valence-electron chi connectivity index (χ0n) is 21.1. The second kappa shape index (κ2) is 10.3. The monoisotopic (exact) mass is 503 g/mol. The fraction of sp³-hybridized carbons (Fsp3) is 0.379. The molecule has 0 radical (unpaired) electrons. The van der Waals surface area contributed by atoms with Crippen LogP contribution in [0.1, 0.15) is 46.6 Å². The summed E-state index contributed by atoms with van der Waals surface area (Å²) in [7, 11) is 1.67. The van der Waals surface area contributed by atoms with E-state index in [1.165, 1.54) is 0 Å². The van der Waals surface area contributed by atoms with Crippen LogP contribution in [-0.4, -0.2) is 61.4 Å². The molecule has 0 bridgehead atoms. The second-order valence-electron chi connectivity index (χ2n) is 9.89. The molecule has 3 heterocycles. The minimum absolute atomic E-state index is 0.0195. The molecule has 36 heavy (non-hydrogen) atoms. The molecule has 0 N–H and O–H groups in total. The Bertz CT molecular complexity index is 1200. The van der Waals surface area contributed by atoms with E-state index in [0.717, 1.165) is 35.0 Å². The van der Waals surface area contributed by atoms with Crippen LogP contribution in [0.25, 0.3) is 0 Å². The summed E-state index contributed by atoms with van der Waals surface area (Å²) in [5.74, 6) is 0.848. The predicted molar refractivity (Wildman–Crippen MR) is 144 cm³/mol. The Balaban J connectivity index is 1.44. The molecule has 0 spiro atoms. The maximum absolute atomic E-state index is 14.2. The van der Waals surface area contributed by atoms with Crippen molar-refractivity contribution in [3.8, 4) is 5.75 Å². The van der Waals surface area contributed by atoms with Crippen molar-refractivity contribution < 1.29 is 14.3 Å². The molecule has 7 heteroatoms. The molecule has 1 saturated heterocycles. The van der Waals surface area contributed by atoms with Gasteiger partial charge in [0.15, 0.2) is 0 Å². The van der Waals surface area contributed by atoms with Crippen molar-refractivity contribution in [1.29, 1.82) is 0 Å². The number of thiophene rings is 1. The molecule has 2 atom stereocenters. The highest BCUT2D eigenvalue weighted by atomic mass is 32.1. The van der Waals surface area contributed by atoms with Crippen LogP contribution < -0.4 is 9.64 Å². The SMILES string of the molecule is COc1ccc(N2CCN(C(=O)[C@@H]3c4ccccc4C(=O)N(CC(C)C)[C@H]3c3cccs3)CC2)cc1. The molecule has 3 aromatic rings. The van der Waals surface area contributed by atoms with Gasteiger partial charge >= 0.3 is 0 Å². The van der Waals surface area contributed by atoms with Crippen molar-refractivity contribution >= 4 is 28.8 Å². The minimum Gasteiger partial charge on any atom is -0.497 e. The van der Waals surface area contributed by atoms with Gasteiger partial charge in [0.05, 0.1) is 19.1 Å². The number of rotatable bonds is 6. The number of hydrogen-bond donors (Lipinski definition) is 0. The molecular weight excluding hydrogens is 470 g/mol. The van der Waals surface area contributed by atoms with Crippen LogP contribution in [0.3, 0.4) is 0 Å². The Morgan fingerprint density at radius 3 is 2.36 bits per heavy atom. The first kappa shape index (κ1) is 24.4. The summed E-state index contributed by atoms with van der Waals surface area (Å²) in [4.78, 5) is 35.2. The largest absolute Gasteiger partial charge is 0.497 e. The van der Waals surface area contributed by atoms with Crippen molar-refractivity contribution in [2.24, 2.45) is 5.92 Å².